The van der Waals surface area contributed by atoms with Gasteiger partial charge in [0.05, 0.1) is 12.8 Å². The number of fused-ring (bicyclic) bond motifs is 1. The minimum Gasteiger partial charge on any atom is -0.465 e. The zero-order valence-electron chi connectivity index (χ0n) is 12.1. The van der Waals surface area contributed by atoms with E-state index in [1.54, 1.807) is 6.92 Å². The normalized spacial score (nSPS) is 12.3. The van der Waals surface area contributed by atoms with Crippen LogP contribution in [0, 0.1) is 6.92 Å². The summed E-state index contributed by atoms with van der Waals surface area (Å²) in [6.07, 6.45) is 0.411. The number of ether oxygens (including phenoxy) is 3. The molecule has 7 heteroatoms. The van der Waals surface area contributed by atoms with Crippen molar-refractivity contribution in [2.24, 2.45) is 0 Å². The second-order valence-corrected chi connectivity index (χ2v) is 4.83. The molecule has 2 aromatic rings. The summed E-state index contributed by atoms with van der Waals surface area (Å²) in [7, 11) is 1.22. The molecular formula is C15H14N2O5. The van der Waals surface area contributed by atoms with E-state index in [1.165, 1.54) is 7.11 Å². The summed E-state index contributed by atoms with van der Waals surface area (Å²) >= 11 is 0. The smallest absolute Gasteiger partial charge is 0.345 e. The van der Waals surface area contributed by atoms with Crippen LogP contribution in [0.5, 0.6) is 11.5 Å². The highest BCUT2D eigenvalue weighted by atomic mass is 16.7. The highest BCUT2D eigenvalue weighted by Gasteiger charge is 2.18. The fourth-order valence-electron chi connectivity index (χ4n) is 2.31. The molecule has 1 N–H and O–H groups in total. The molecule has 0 atom stereocenters. The molecule has 1 aliphatic rings. The number of hydrogen-bond acceptors (Lipinski definition) is 6. The van der Waals surface area contributed by atoms with E-state index in [1.807, 2.05) is 18.2 Å². The molecule has 0 fully saturated rings. The van der Waals surface area contributed by atoms with E-state index in [2.05, 4.69) is 14.7 Å². The fourth-order valence-corrected chi connectivity index (χ4v) is 2.31. The maximum atomic E-state index is 12.0. The third kappa shape index (κ3) is 2.52. The van der Waals surface area contributed by atoms with Crippen LogP contribution in [0.3, 0.4) is 0 Å². The number of H-pyrrole nitrogens is 1. The lowest BCUT2D eigenvalue weighted by Crippen LogP contribution is -2.24. The topological polar surface area (TPSA) is 90.5 Å². The Bertz CT molecular complexity index is 797. The predicted octanol–water partition coefficient (Wildman–Crippen LogP) is 1.18. The van der Waals surface area contributed by atoms with Gasteiger partial charge < -0.3 is 19.2 Å². The lowest BCUT2D eigenvalue weighted by Gasteiger charge is -2.06. The number of methoxy groups -OCH3 is 1. The molecule has 1 aliphatic heterocycles. The minimum atomic E-state index is -0.694. The number of esters is 1. The molecule has 0 amide bonds. The van der Waals surface area contributed by atoms with Crippen molar-refractivity contribution in [3.63, 3.8) is 0 Å². The van der Waals surface area contributed by atoms with Crippen molar-refractivity contribution in [2.45, 2.75) is 13.3 Å². The van der Waals surface area contributed by atoms with Crippen LogP contribution in [0.15, 0.2) is 23.0 Å². The number of nitrogens with zero attached hydrogens (tertiary/aromatic N) is 1. The molecule has 1 aromatic carbocycles. The van der Waals surface area contributed by atoms with Crippen molar-refractivity contribution in [3.8, 4) is 11.5 Å². The van der Waals surface area contributed by atoms with E-state index in [9.17, 15) is 9.59 Å². The summed E-state index contributed by atoms with van der Waals surface area (Å²) in [5, 5.41) is 0. The zero-order valence-corrected chi connectivity index (χ0v) is 12.1. The number of aromatic nitrogens is 2. The van der Waals surface area contributed by atoms with Crippen LogP contribution in [-0.4, -0.2) is 29.8 Å². The van der Waals surface area contributed by atoms with Gasteiger partial charge in [0.25, 0.3) is 5.56 Å². The average molecular weight is 302 g/mol. The largest absolute Gasteiger partial charge is 0.465 e. The number of benzene rings is 1. The first kappa shape index (κ1) is 14.1. The Hall–Kier alpha value is -2.83. The quantitative estimate of drug-likeness (QED) is 0.856. The summed E-state index contributed by atoms with van der Waals surface area (Å²) in [5.74, 6) is 1.14. The number of aromatic amines is 1. The Balaban J connectivity index is 1.90. The van der Waals surface area contributed by atoms with Gasteiger partial charge in [0.1, 0.15) is 11.4 Å². The van der Waals surface area contributed by atoms with E-state index in [4.69, 9.17) is 9.47 Å². The van der Waals surface area contributed by atoms with Crippen LogP contribution < -0.4 is 15.0 Å². The van der Waals surface area contributed by atoms with Gasteiger partial charge in [-0.25, -0.2) is 9.78 Å². The summed E-state index contributed by atoms with van der Waals surface area (Å²) in [4.78, 5) is 30.4. The van der Waals surface area contributed by atoms with E-state index in [0.29, 0.717) is 29.4 Å². The molecule has 0 spiro atoms. The maximum Gasteiger partial charge on any atom is 0.345 e. The monoisotopic (exact) mass is 302 g/mol. The highest BCUT2D eigenvalue weighted by Crippen LogP contribution is 2.32. The molecule has 0 saturated heterocycles. The number of rotatable bonds is 3. The minimum absolute atomic E-state index is 0.0723. The lowest BCUT2D eigenvalue weighted by molar-refractivity contribution is 0.0597. The Labute approximate surface area is 125 Å². The molecule has 22 heavy (non-hydrogen) atoms. The van der Waals surface area contributed by atoms with E-state index in [-0.39, 0.29) is 12.4 Å². The molecule has 114 valence electrons. The standard InChI is InChI=1S/C15H14N2O5/c1-8-13(15(19)20-2)14(18)17-12(16-8)6-9-3-4-10-11(5-9)22-7-21-10/h3-5H,6-7H2,1-2H3,(H,16,17,18). The first-order valence-electron chi connectivity index (χ1n) is 6.65. The summed E-state index contributed by atoms with van der Waals surface area (Å²) in [5.41, 5.74) is 0.677. The van der Waals surface area contributed by atoms with Crippen LogP contribution in [0.2, 0.25) is 0 Å². The van der Waals surface area contributed by atoms with E-state index >= 15 is 0 Å². The molecule has 7 nitrogen and oxygen atoms in total. The van der Waals surface area contributed by atoms with E-state index in [0.717, 1.165) is 5.56 Å². The second kappa shape index (κ2) is 5.51. The van der Waals surface area contributed by atoms with Gasteiger partial charge in [-0.2, -0.15) is 0 Å². The summed E-state index contributed by atoms with van der Waals surface area (Å²) in [6.45, 7) is 1.81. The summed E-state index contributed by atoms with van der Waals surface area (Å²) < 4.78 is 15.1. The van der Waals surface area contributed by atoms with Gasteiger partial charge in [-0.15, -0.1) is 0 Å². The number of carbonyl (C=O) groups excluding carboxylic acids is 1. The molecular weight excluding hydrogens is 288 g/mol. The van der Waals surface area contributed by atoms with Gasteiger partial charge in [-0.3, -0.25) is 4.79 Å². The number of hydrogen-bond donors (Lipinski definition) is 1. The van der Waals surface area contributed by atoms with E-state index < -0.39 is 11.5 Å². The van der Waals surface area contributed by atoms with Crippen LogP contribution in [0.25, 0.3) is 0 Å². The van der Waals surface area contributed by atoms with Crippen LogP contribution in [-0.2, 0) is 11.2 Å². The van der Waals surface area contributed by atoms with Crippen LogP contribution in [0.1, 0.15) is 27.4 Å². The molecule has 0 saturated carbocycles. The SMILES string of the molecule is COC(=O)c1c(C)nc(Cc2ccc3c(c2)OCO3)[nH]c1=O. The molecule has 0 radical (unpaired) electrons. The predicted molar refractivity (Wildman–Crippen MR) is 76.3 cm³/mol. The number of aryl methyl sites for hydroxylation is 1. The van der Waals surface area contributed by atoms with Gasteiger partial charge >= 0.3 is 5.97 Å². The first-order chi connectivity index (χ1) is 10.6. The third-order valence-corrected chi connectivity index (χ3v) is 3.35. The van der Waals surface area contributed by atoms with Gasteiger partial charge in [0.15, 0.2) is 11.5 Å². The maximum absolute atomic E-state index is 12.0. The van der Waals surface area contributed by atoms with Gasteiger partial charge in [-0.1, -0.05) is 6.07 Å². The van der Waals surface area contributed by atoms with Crippen molar-refractivity contribution in [2.75, 3.05) is 13.9 Å². The molecule has 1 aromatic heterocycles. The Morgan fingerprint density at radius 1 is 1.36 bits per heavy atom. The van der Waals surface area contributed by atoms with Crippen molar-refractivity contribution in [3.05, 3.63) is 51.2 Å². The summed E-state index contributed by atoms with van der Waals surface area (Å²) in [6, 6.07) is 5.52. The first-order valence-corrected chi connectivity index (χ1v) is 6.65. The number of nitrogens with one attached hydrogen (secondary N) is 1. The average Bonchev–Trinajstić information content (AvgIpc) is 2.93. The van der Waals surface area contributed by atoms with Crippen molar-refractivity contribution >= 4 is 5.97 Å². The number of carbonyl (C=O) groups is 1. The molecule has 3 rings (SSSR count). The Morgan fingerprint density at radius 2 is 2.14 bits per heavy atom. The Kier molecular flexibility index (Phi) is 3.54. The van der Waals surface area contributed by atoms with Gasteiger partial charge in [0.2, 0.25) is 6.79 Å². The fraction of sp³-hybridized carbons (Fsp3) is 0.267. The van der Waals surface area contributed by atoms with Crippen molar-refractivity contribution in [1.82, 2.24) is 9.97 Å². The molecule has 0 unspecified atom stereocenters. The van der Waals surface area contributed by atoms with Crippen LogP contribution >= 0.6 is 0 Å². The molecule has 2 heterocycles. The van der Waals surface area contributed by atoms with Crippen molar-refractivity contribution in [1.29, 1.82) is 0 Å². The Morgan fingerprint density at radius 3 is 2.86 bits per heavy atom. The molecule has 0 bridgehead atoms. The third-order valence-electron chi connectivity index (χ3n) is 3.35. The van der Waals surface area contributed by atoms with Gasteiger partial charge in [0, 0.05) is 6.42 Å². The van der Waals surface area contributed by atoms with Crippen molar-refractivity contribution < 1.29 is 19.0 Å². The second-order valence-electron chi connectivity index (χ2n) is 4.83. The van der Waals surface area contributed by atoms with Crippen LogP contribution in [0.4, 0.5) is 0 Å². The highest BCUT2D eigenvalue weighted by molar-refractivity contribution is 5.89. The molecule has 0 aliphatic carbocycles. The zero-order chi connectivity index (χ0) is 15.7. The lowest BCUT2D eigenvalue weighted by atomic mass is 10.1. The van der Waals surface area contributed by atoms with Gasteiger partial charge in [-0.05, 0) is 24.6 Å².